The smallest absolute Gasteiger partial charge is 0.231 e. The molecule has 2 N–H and O–H groups in total. The first-order valence-electron chi connectivity index (χ1n) is 7.12. The van der Waals surface area contributed by atoms with Crippen molar-refractivity contribution in [1.82, 2.24) is 10.6 Å². The number of hydrogen-bond donors (Lipinski definition) is 2. The highest BCUT2D eigenvalue weighted by atomic mass is 127. The van der Waals surface area contributed by atoms with E-state index in [1.165, 1.54) is 5.56 Å². The molecule has 0 unspecified atom stereocenters. The molecule has 21 heavy (non-hydrogen) atoms. The van der Waals surface area contributed by atoms with Gasteiger partial charge in [-0.3, -0.25) is 4.99 Å². The van der Waals surface area contributed by atoms with Gasteiger partial charge in [-0.2, -0.15) is 0 Å². The third-order valence-corrected chi connectivity index (χ3v) is 2.88. The van der Waals surface area contributed by atoms with E-state index in [0.29, 0.717) is 12.8 Å². The number of nitrogens with one attached hydrogen (secondary N) is 2. The second kappa shape index (κ2) is 8.96. The quantitative estimate of drug-likeness (QED) is 0.449. The molecule has 2 rings (SSSR count). The lowest BCUT2D eigenvalue weighted by molar-refractivity contribution is 0.174. The lowest BCUT2D eigenvalue weighted by Gasteiger charge is -2.13. The molecule has 0 fully saturated rings. The van der Waals surface area contributed by atoms with E-state index >= 15 is 0 Å². The number of guanidine groups is 1. The topological polar surface area (TPSA) is 54.9 Å². The largest absolute Gasteiger partial charge is 0.454 e. The first kappa shape index (κ1) is 17.9. The number of hydrogen-bond acceptors (Lipinski definition) is 3. The summed E-state index contributed by atoms with van der Waals surface area (Å²) < 4.78 is 10.7. The monoisotopic (exact) mass is 405 g/mol. The molecule has 0 bridgehead atoms. The molecule has 0 aromatic heterocycles. The van der Waals surface area contributed by atoms with Gasteiger partial charge in [-0.1, -0.05) is 6.07 Å². The van der Waals surface area contributed by atoms with Gasteiger partial charge in [0.05, 0.1) is 0 Å². The molecular formula is C15H24IN3O2. The normalized spacial score (nSPS) is 13.0. The van der Waals surface area contributed by atoms with Crippen LogP contribution in [-0.2, 0) is 6.42 Å². The third kappa shape index (κ3) is 5.61. The van der Waals surface area contributed by atoms with Crippen molar-refractivity contribution in [3.05, 3.63) is 23.8 Å². The number of nitrogens with zero attached hydrogens (tertiary/aromatic N) is 1. The second-order valence-electron chi connectivity index (χ2n) is 5.00. The molecule has 0 atom stereocenters. The SMILES string of the molecule is CCNC(=NCCc1ccc2c(c1)OCO2)NC(C)C.I. The van der Waals surface area contributed by atoms with Gasteiger partial charge < -0.3 is 20.1 Å². The Hall–Kier alpha value is -1.18. The first-order valence-corrected chi connectivity index (χ1v) is 7.12. The van der Waals surface area contributed by atoms with Crippen LogP contribution in [-0.4, -0.2) is 31.9 Å². The summed E-state index contributed by atoms with van der Waals surface area (Å²) in [5.74, 6) is 2.52. The third-order valence-electron chi connectivity index (χ3n) is 2.88. The first-order chi connectivity index (χ1) is 9.69. The van der Waals surface area contributed by atoms with E-state index in [1.807, 2.05) is 12.1 Å². The number of ether oxygens (including phenoxy) is 2. The molecule has 1 aromatic rings. The summed E-state index contributed by atoms with van der Waals surface area (Å²) in [7, 11) is 0. The van der Waals surface area contributed by atoms with Gasteiger partial charge in [0.25, 0.3) is 0 Å². The molecule has 1 aliphatic heterocycles. The molecule has 5 nitrogen and oxygen atoms in total. The fourth-order valence-corrected chi connectivity index (χ4v) is 1.99. The number of aliphatic imine (C=N–C) groups is 1. The number of fused-ring (bicyclic) bond motifs is 1. The van der Waals surface area contributed by atoms with Crippen LogP contribution in [0.3, 0.4) is 0 Å². The maximum atomic E-state index is 5.37. The zero-order valence-electron chi connectivity index (χ0n) is 12.8. The van der Waals surface area contributed by atoms with E-state index in [-0.39, 0.29) is 24.0 Å². The van der Waals surface area contributed by atoms with Gasteiger partial charge in [0.15, 0.2) is 17.5 Å². The molecule has 0 amide bonds. The van der Waals surface area contributed by atoms with Crippen LogP contribution in [0.1, 0.15) is 26.3 Å². The molecule has 1 heterocycles. The molecule has 0 saturated carbocycles. The minimum absolute atomic E-state index is 0. The van der Waals surface area contributed by atoms with E-state index in [9.17, 15) is 0 Å². The highest BCUT2D eigenvalue weighted by Gasteiger charge is 2.12. The fraction of sp³-hybridized carbons (Fsp3) is 0.533. The van der Waals surface area contributed by atoms with Crippen molar-refractivity contribution in [2.45, 2.75) is 33.2 Å². The van der Waals surface area contributed by atoms with Crippen molar-refractivity contribution in [3.8, 4) is 11.5 Å². The van der Waals surface area contributed by atoms with Gasteiger partial charge in [0, 0.05) is 19.1 Å². The summed E-state index contributed by atoms with van der Waals surface area (Å²) in [4.78, 5) is 4.56. The van der Waals surface area contributed by atoms with Gasteiger partial charge in [-0.25, -0.2) is 0 Å². The predicted octanol–water partition coefficient (Wildman–Crippen LogP) is 2.54. The Labute approximate surface area is 143 Å². The molecule has 0 saturated heterocycles. The predicted molar refractivity (Wildman–Crippen MR) is 95.9 cm³/mol. The van der Waals surface area contributed by atoms with E-state index in [4.69, 9.17) is 9.47 Å². The summed E-state index contributed by atoms with van der Waals surface area (Å²) in [6.45, 7) is 8.19. The van der Waals surface area contributed by atoms with E-state index < -0.39 is 0 Å². The van der Waals surface area contributed by atoms with Crippen LogP contribution in [0.5, 0.6) is 11.5 Å². The van der Waals surface area contributed by atoms with Gasteiger partial charge in [0.1, 0.15) is 0 Å². The Morgan fingerprint density at radius 1 is 1.29 bits per heavy atom. The molecule has 0 spiro atoms. The standard InChI is InChI=1S/C15H23N3O2.HI/c1-4-16-15(18-11(2)3)17-8-7-12-5-6-13-14(9-12)20-10-19-13;/h5-6,9,11H,4,7-8,10H2,1-3H3,(H2,16,17,18);1H. The van der Waals surface area contributed by atoms with Crippen molar-refractivity contribution in [2.24, 2.45) is 4.99 Å². The van der Waals surface area contributed by atoms with Crippen molar-refractivity contribution in [3.63, 3.8) is 0 Å². The van der Waals surface area contributed by atoms with Gasteiger partial charge in [-0.15, -0.1) is 24.0 Å². The molecule has 0 aliphatic carbocycles. The summed E-state index contributed by atoms with van der Waals surface area (Å²) in [5, 5.41) is 6.54. The molecule has 118 valence electrons. The maximum Gasteiger partial charge on any atom is 0.231 e. The Morgan fingerprint density at radius 2 is 2.05 bits per heavy atom. The highest BCUT2D eigenvalue weighted by Crippen LogP contribution is 2.32. The van der Waals surface area contributed by atoms with E-state index in [2.05, 4.69) is 42.5 Å². The molecule has 0 radical (unpaired) electrons. The van der Waals surface area contributed by atoms with Crippen LogP contribution in [0, 0.1) is 0 Å². The Morgan fingerprint density at radius 3 is 2.76 bits per heavy atom. The van der Waals surface area contributed by atoms with Gasteiger partial charge in [0.2, 0.25) is 6.79 Å². The molecular weight excluding hydrogens is 381 g/mol. The second-order valence-corrected chi connectivity index (χ2v) is 5.00. The summed E-state index contributed by atoms with van der Waals surface area (Å²) in [6, 6.07) is 6.42. The Bertz CT molecular complexity index is 478. The van der Waals surface area contributed by atoms with Crippen molar-refractivity contribution in [2.75, 3.05) is 19.9 Å². The number of halogens is 1. The molecule has 1 aromatic carbocycles. The zero-order chi connectivity index (χ0) is 14.4. The highest BCUT2D eigenvalue weighted by molar-refractivity contribution is 14.0. The fourth-order valence-electron chi connectivity index (χ4n) is 1.99. The number of rotatable bonds is 5. The summed E-state index contributed by atoms with van der Waals surface area (Å²) in [5.41, 5.74) is 1.21. The maximum absolute atomic E-state index is 5.37. The van der Waals surface area contributed by atoms with Crippen LogP contribution in [0.25, 0.3) is 0 Å². The minimum Gasteiger partial charge on any atom is -0.454 e. The van der Waals surface area contributed by atoms with Crippen LogP contribution in [0.2, 0.25) is 0 Å². The Balaban J connectivity index is 0.00000220. The van der Waals surface area contributed by atoms with Crippen LogP contribution in [0.4, 0.5) is 0 Å². The van der Waals surface area contributed by atoms with Crippen LogP contribution < -0.4 is 20.1 Å². The molecule has 1 aliphatic rings. The van der Waals surface area contributed by atoms with Crippen molar-refractivity contribution in [1.29, 1.82) is 0 Å². The lowest BCUT2D eigenvalue weighted by atomic mass is 10.1. The summed E-state index contributed by atoms with van der Waals surface area (Å²) in [6.07, 6.45) is 0.880. The van der Waals surface area contributed by atoms with E-state index in [1.54, 1.807) is 0 Å². The summed E-state index contributed by atoms with van der Waals surface area (Å²) >= 11 is 0. The average molecular weight is 405 g/mol. The number of benzene rings is 1. The molecule has 6 heteroatoms. The van der Waals surface area contributed by atoms with Gasteiger partial charge in [-0.05, 0) is 44.9 Å². The average Bonchev–Trinajstić information content (AvgIpc) is 2.85. The van der Waals surface area contributed by atoms with Crippen LogP contribution in [0.15, 0.2) is 23.2 Å². The van der Waals surface area contributed by atoms with Crippen molar-refractivity contribution >= 4 is 29.9 Å². The van der Waals surface area contributed by atoms with Gasteiger partial charge >= 0.3 is 0 Å². The van der Waals surface area contributed by atoms with Crippen LogP contribution >= 0.6 is 24.0 Å². The minimum atomic E-state index is 0. The zero-order valence-corrected chi connectivity index (χ0v) is 15.1. The van der Waals surface area contributed by atoms with E-state index in [0.717, 1.165) is 37.0 Å². The van der Waals surface area contributed by atoms with Crippen molar-refractivity contribution < 1.29 is 9.47 Å². The lowest BCUT2D eigenvalue weighted by Crippen LogP contribution is -2.41. The Kier molecular flexibility index (Phi) is 7.63.